The molecule has 1 fully saturated rings. The lowest BCUT2D eigenvalue weighted by atomic mass is 10.3. The Bertz CT molecular complexity index is 894. The van der Waals surface area contributed by atoms with Gasteiger partial charge in [0.25, 0.3) is 5.56 Å². The molecule has 0 unspecified atom stereocenters. The first-order chi connectivity index (χ1) is 11.7. The molecule has 1 aromatic carbocycles. The number of rotatable bonds is 3. The van der Waals surface area contributed by atoms with E-state index in [1.165, 1.54) is 15.7 Å². The minimum absolute atomic E-state index is 0.170. The third-order valence-corrected chi connectivity index (χ3v) is 5.93. The van der Waals surface area contributed by atoms with Crippen LogP contribution < -0.4 is 15.4 Å². The highest BCUT2D eigenvalue weighted by Crippen LogP contribution is 2.32. The number of thioether (sulfide) groups is 1. The summed E-state index contributed by atoms with van der Waals surface area (Å²) < 4.78 is 1.24. The fraction of sp³-hybridized carbons (Fsp3) is 0.312. The Morgan fingerprint density at radius 1 is 1.12 bits per heavy atom. The average Bonchev–Trinajstić information content (AvgIpc) is 3.05. The van der Waals surface area contributed by atoms with Crippen LogP contribution >= 0.6 is 23.1 Å². The fourth-order valence-corrected chi connectivity index (χ4v) is 4.37. The van der Waals surface area contributed by atoms with E-state index in [0.29, 0.717) is 0 Å². The standard InChI is InChI=1S/C16H17N5OS2/c1-23-11-2-3-12-13(10-11)24-16(17-12)21-8-6-20(7-9-21)14-4-5-15(22)19-18-14/h2-5,10H,6-9H2,1H3,(H,19,22). The molecule has 0 atom stereocenters. The van der Waals surface area contributed by atoms with Crippen molar-refractivity contribution in [1.29, 1.82) is 0 Å². The highest BCUT2D eigenvalue weighted by molar-refractivity contribution is 7.98. The number of aromatic nitrogens is 3. The van der Waals surface area contributed by atoms with Crippen LogP contribution in [0, 0.1) is 0 Å². The van der Waals surface area contributed by atoms with Gasteiger partial charge in [0.15, 0.2) is 5.13 Å². The van der Waals surface area contributed by atoms with Crippen LogP contribution in [0.1, 0.15) is 0 Å². The molecular formula is C16H17N5OS2. The van der Waals surface area contributed by atoms with Gasteiger partial charge in [-0.05, 0) is 30.5 Å². The first kappa shape index (κ1) is 15.5. The molecule has 1 saturated heterocycles. The Morgan fingerprint density at radius 2 is 1.92 bits per heavy atom. The van der Waals surface area contributed by atoms with Gasteiger partial charge in [-0.25, -0.2) is 10.1 Å². The number of piperazine rings is 1. The second kappa shape index (κ2) is 6.45. The van der Waals surface area contributed by atoms with Gasteiger partial charge in [0, 0.05) is 37.1 Å². The van der Waals surface area contributed by atoms with E-state index in [-0.39, 0.29) is 5.56 Å². The molecule has 0 radical (unpaired) electrons. The zero-order chi connectivity index (χ0) is 16.5. The van der Waals surface area contributed by atoms with E-state index >= 15 is 0 Å². The van der Waals surface area contributed by atoms with E-state index in [0.717, 1.165) is 42.6 Å². The van der Waals surface area contributed by atoms with Crippen molar-refractivity contribution < 1.29 is 0 Å². The molecule has 0 amide bonds. The molecule has 1 aliphatic heterocycles. The molecule has 8 heteroatoms. The van der Waals surface area contributed by atoms with Gasteiger partial charge in [0.2, 0.25) is 0 Å². The van der Waals surface area contributed by atoms with Gasteiger partial charge in [0.05, 0.1) is 10.2 Å². The fourth-order valence-electron chi connectivity index (χ4n) is 2.80. The van der Waals surface area contributed by atoms with Crippen LogP contribution in [0.15, 0.2) is 40.0 Å². The lowest BCUT2D eigenvalue weighted by Crippen LogP contribution is -2.47. The van der Waals surface area contributed by atoms with Gasteiger partial charge in [-0.2, -0.15) is 5.10 Å². The number of nitrogens with zero attached hydrogens (tertiary/aromatic N) is 4. The summed E-state index contributed by atoms with van der Waals surface area (Å²) in [6.45, 7) is 3.53. The molecule has 0 bridgehead atoms. The van der Waals surface area contributed by atoms with E-state index in [1.807, 2.05) is 0 Å². The zero-order valence-corrected chi connectivity index (χ0v) is 14.9. The summed E-state index contributed by atoms with van der Waals surface area (Å²) in [5.41, 5.74) is 0.897. The summed E-state index contributed by atoms with van der Waals surface area (Å²) in [6.07, 6.45) is 2.09. The highest BCUT2D eigenvalue weighted by Gasteiger charge is 2.20. The minimum atomic E-state index is -0.170. The Balaban J connectivity index is 1.49. The molecule has 0 spiro atoms. The number of thiazole rings is 1. The number of fused-ring (bicyclic) bond motifs is 1. The van der Waals surface area contributed by atoms with E-state index in [4.69, 9.17) is 4.98 Å². The van der Waals surface area contributed by atoms with Gasteiger partial charge in [-0.3, -0.25) is 4.79 Å². The number of aromatic amines is 1. The van der Waals surface area contributed by atoms with Crippen molar-refractivity contribution in [1.82, 2.24) is 15.2 Å². The van der Waals surface area contributed by atoms with Crippen molar-refractivity contribution >= 4 is 44.3 Å². The molecular weight excluding hydrogens is 342 g/mol. The average molecular weight is 359 g/mol. The van der Waals surface area contributed by atoms with Crippen LogP contribution in [0.5, 0.6) is 0 Å². The van der Waals surface area contributed by atoms with Gasteiger partial charge in [-0.15, -0.1) is 11.8 Å². The van der Waals surface area contributed by atoms with Crippen LogP contribution in [0.2, 0.25) is 0 Å². The third kappa shape index (κ3) is 2.99. The van der Waals surface area contributed by atoms with Crippen molar-refractivity contribution in [2.45, 2.75) is 4.90 Å². The molecule has 3 aromatic rings. The van der Waals surface area contributed by atoms with Crippen molar-refractivity contribution in [3.05, 3.63) is 40.7 Å². The van der Waals surface area contributed by atoms with Gasteiger partial charge in [-0.1, -0.05) is 11.3 Å². The van der Waals surface area contributed by atoms with Crippen LogP contribution in [-0.4, -0.2) is 47.6 Å². The zero-order valence-electron chi connectivity index (χ0n) is 13.2. The van der Waals surface area contributed by atoms with E-state index in [9.17, 15) is 4.79 Å². The normalized spacial score (nSPS) is 15.2. The summed E-state index contributed by atoms with van der Waals surface area (Å²) in [7, 11) is 0. The Kier molecular flexibility index (Phi) is 4.15. The first-order valence-electron chi connectivity index (χ1n) is 7.73. The number of hydrogen-bond donors (Lipinski definition) is 1. The molecule has 2 aromatic heterocycles. The molecule has 124 valence electrons. The molecule has 24 heavy (non-hydrogen) atoms. The van der Waals surface area contributed by atoms with Crippen LogP contribution in [0.3, 0.4) is 0 Å². The van der Waals surface area contributed by atoms with Crippen molar-refractivity contribution in [2.75, 3.05) is 42.2 Å². The Morgan fingerprint density at radius 3 is 2.62 bits per heavy atom. The van der Waals surface area contributed by atoms with E-state index in [1.54, 1.807) is 29.2 Å². The van der Waals surface area contributed by atoms with Crippen molar-refractivity contribution in [2.24, 2.45) is 0 Å². The molecule has 1 N–H and O–H groups in total. The number of benzene rings is 1. The second-order valence-electron chi connectivity index (χ2n) is 5.58. The molecule has 3 heterocycles. The highest BCUT2D eigenvalue weighted by atomic mass is 32.2. The monoisotopic (exact) mass is 359 g/mol. The summed E-state index contributed by atoms with van der Waals surface area (Å²) in [5.74, 6) is 0.822. The summed E-state index contributed by atoms with van der Waals surface area (Å²) in [6, 6.07) is 9.72. The lowest BCUT2D eigenvalue weighted by Gasteiger charge is -2.34. The lowest BCUT2D eigenvalue weighted by molar-refractivity contribution is 0.642. The maximum atomic E-state index is 11.1. The van der Waals surface area contributed by atoms with Gasteiger partial charge < -0.3 is 9.80 Å². The van der Waals surface area contributed by atoms with Crippen molar-refractivity contribution in [3.63, 3.8) is 0 Å². The summed E-state index contributed by atoms with van der Waals surface area (Å²) in [4.78, 5) is 21.7. The largest absolute Gasteiger partial charge is 0.352 e. The SMILES string of the molecule is CSc1ccc2nc(N3CCN(c4ccc(=O)[nH]n4)CC3)sc2c1. The quantitative estimate of drug-likeness (QED) is 0.725. The maximum absolute atomic E-state index is 11.1. The number of H-pyrrole nitrogens is 1. The first-order valence-corrected chi connectivity index (χ1v) is 9.77. The maximum Gasteiger partial charge on any atom is 0.264 e. The smallest absolute Gasteiger partial charge is 0.264 e. The van der Waals surface area contributed by atoms with Gasteiger partial charge in [0.1, 0.15) is 5.82 Å². The molecule has 4 rings (SSSR count). The second-order valence-corrected chi connectivity index (χ2v) is 7.47. The molecule has 0 saturated carbocycles. The predicted octanol–water partition coefficient (Wildman–Crippen LogP) is 2.43. The summed E-state index contributed by atoms with van der Waals surface area (Å²) >= 11 is 3.51. The molecule has 0 aliphatic carbocycles. The van der Waals surface area contributed by atoms with E-state index < -0.39 is 0 Å². The van der Waals surface area contributed by atoms with Gasteiger partial charge >= 0.3 is 0 Å². The third-order valence-electron chi connectivity index (χ3n) is 4.12. The molecule has 6 nitrogen and oxygen atoms in total. The topological polar surface area (TPSA) is 65.1 Å². The Labute approximate surface area is 147 Å². The van der Waals surface area contributed by atoms with E-state index in [2.05, 4.69) is 44.5 Å². The summed E-state index contributed by atoms with van der Waals surface area (Å²) in [5, 5.41) is 7.68. The van der Waals surface area contributed by atoms with Crippen LogP contribution in [0.25, 0.3) is 10.2 Å². The van der Waals surface area contributed by atoms with Crippen LogP contribution in [-0.2, 0) is 0 Å². The number of hydrogen-bond acceptors (Lipinski definition) is 7. The minimum Gasteiger partial charge on any atom is -0.352 e. The van der Waals surface area contributed by atoms with Crippen molar-refractivity contribution in [3.8, 4) is 0 Å². The molecule has 1 aliphatic rings. The van der Waals surface area contributed by atoms with Crippen LogP contribution in [0.4, 0.5) is 10.9 Å². The number of nitrogens with one attached hydrogen (secondary N) is 1. The Hall–Kier alpha value is -2.06. The number of anilines is 2. The predicted molar refractivity (Wildman–Crippen MR) is 101 cm³/mol.